The number of halogens is 6. The minimum atomic E-state index is -6.35. The third-order valence-corrected chi connectivity index (χ3v) is 3.59. The van der Waals surface area contributed by atoms with Gasteiger partial charge in [-0.15, -0.1) is 0 Å². The quantitative estimate of drug-likeness (QED) is 0.379. The number of carbonyl (C=O) groups excluding carboxylic acids is 1. The van der Waals surface area contributed by atoms with Gasteiger partial charge in [0.05, 0.1) is 22.4 Å². The fourth-order valence-electron chi connectivity index (χ4n) is 1.57. The van der Waals surface area contributed by atoms with Crippen LogP contribution in [0, 0.1) is 0 Å². The number of rotatable bonds is 7. The molecule has 0 aromatic rings. The fraction of sp³-hybridized carbons (Fsp3) is 0.900. The lowest BCUT2D eigenvalue weighted by molar-refractivity contribution is -0.361. The van der Waals surface area contributed by atoms with Crippen LogP contribution in [0.25, 0.3) is 0 Å². The predicted molar refractivity (Wildman–Crippen MR) is 63.3 cm³/mol. The second-order valence-electron chi connectivity index (χ2n) is 4.46. The minimum absolute atomic E-state index is 0.122. The van der Waals surface area contributed by atoms with Crippen molar-refractivity contribution < 1.29 is 48.8 Å². The van der Waals surface area contributed by atoms with E-state index in [4.69, 9.17) is 0 Å². The topological polar surface area (TPSA) is 86.7 Å². The van der Waals surface area contributed by atoms with Gasteiger partial charge in [-0.25, -0.2) is 8.42 Å². The zero-order chi connectivity index (χ0) is 18.7. The van der Waals surface area contributed by atoms with Gasteiger partial charge < -0.3 is 9.29 Å². The average Bonchev–Trinajstić information content (AvgIpc) is 2.30. The summed E-state index contributed by atoms with van der Waals surface area (Å²) in [5.74, 6) is -4.94. The molecule has 0 bridgehead atoms. The van der Waals surface area contributed by atoms with Gasteiger partial charge >= 0.3 is 23.9 Å². The van der Waals surface area contributed by atoms with Crippen molar-refractivity contribution in [1.82, 2.24) is 4.90 Å². The Hall–Kier alpha value is -1.08. The molecule has 0 saturated carbocycles. The summed E-state index contributed by atoms with van der Waals surface area (Å²) in [5, 5.41) is 0. The lowest BCUT2D eigenvalue weighted by atomic mass is 10.1. The molecule has 0 spiro atoms. The molecule has 0 rings (SSSR count). The van der Waals surface area contributed by atoms with Gasteiger partial charge in [0.1, 0.15) is 0 Å². The molecule has 0 saturated heterocycles. The monoisotopic (exact) mass is 374 g/mol. The molecule has 13 heteroatoms. The summed E-state index contributed by atoms with van der Waals surface area (Å²) in [6.07, 6.45) is -12.7. The molecule has 0 aliphatic rings. The first kappa shape index (κ1) is 21.9. The molecule has 0 radical (unpaired) electrons. The Kier molecular flexibility index (Phi) is 6.88. The van der Waals surface area contributed by atoms with Gasteiger partial charge in [0.15, 0.2) is 0 Å². The van der Waals surface area contributed by atoms with Gasteiger partial charge in [0, 0.05) is 0 Å². The van der Waals surface area contributed by atoms with Crippen LogP contribution in [-0.4, -0.2) is 67.2 Å². The van der Waals surface area contributed by atoms with Crippen LogP contribution in [0.15, 0.2) is 0 Å². The molecule has 0 amide bonds. The Labute approximate surface area is 128 Å². The van der Waals surface area contributed by atoms with Crippen molar-refractivity contribution in [2.75, 3.05) is 25.4 Å². The summed E-state index contributed by atoms with van der Waals surface area (Å²) in [6.45, 7) is 2.28. The molecule has 6 nitrogen and oxygen atoms in total. The molecule has 0 heterocycles. The summed E-state index contributed by atoms with van der Waals surface area (Å²) in [4.78, 5) is 12.5. The van der Waals surface area contributed by atoms with Crippen molar-refractivity contribution in [1.29, 1.82) is 0 Å². The summed E-state index contributed by atoms with van der Waals surface area (Å²) >= 11 is 0. The first-order valence-electron chi connectivity index (χ1n) is 6.10. The molecule has 0 aliphatic heterocycles. The van der Waals surface area contributed by atoms with Crippen LogP contribution in [0.4, 0.5) is 26.3 Å². The maximum atomic E-state index is 12.8. The average molecular weight is 374 g/mol. The smallest absolute Gasteiger partial charge is 0.438 e. The zero-order valence-corrected chi connectivity index (χ0v) is 12.8. The summed E-state index contributed by atoms with van der Waals surface area (Å²) < 4.78 is 112. The maximum Gasteiger partial charge on any atom is 0.438 e. The molecule has 0 aliphatic carbocycles. The van der Waals surface area contributed by atoms with E-state index in [9.17, 15) is 44.1 Å². The van der Waals surface area contributed by atoms with Crippen molar-refractivity contribution >= 4 is 16.1 Å². The number of likely N-dealkylation sites (N-methyl/N-ethyl adjacent to an activating group) is 1. The van der Waals surface area contributed by atoms with E-state index >= 15 is 0 Å². The lowest BCUT2D eigenvalue weighted by Gasteiger charge is -2.37. The van der Waals surface area contributed by atoms with Crippen LogP contribution < -0.4 is 0 Å². The third-order valence-electron chi connectivity index (χ3n) is 2.83. The van der Waals surface area contributed by atoms with Crippen LogP contribution in [0.5, 0.6) is 0 Å². The highest BCUT2D eigenvalue weighted by Crippen LogP contribution is 2.46. The van der Waals surface area contributed by atoms with Crippen molar-refractivity contribution in [3.8, 4) is 0 Å². The van der Waals surface area contributed by atoms with Gasteiger partial charge in [-0.3, -0.25) is 9.69 Å². The molecule has 138 valence electrons. The molecule has 23 heavy (non-hydrogen) atoms. The standard InChI is InChI=1S/C10H15F6NO5S/c1-3-17(4-2)5-7(18)22-8(9(11,12)13,10(14,15)16)6-23(19,20)21/h3-6H2,1-2H3,(H,19,20,21)/p-1. The van der Waals surface area contributed by atoms with Gasteiger partial charge in [-0.1, -0.05) is 13.8 Å². The van der Waals surface area contributed by atoms with E-state index in [1.807, 2.05) is 0 Å². The lowest BCUT2D eigenvalue weighted by Crippen LogP contribution is -2.64. The zero-order valence-electron chi connectivity index (χ0n) is 12.0. The molecule has 0 unspecified atom stereocenters. The molecule has 0 aromatic heterocycles. The molecule has 0 N–H and O–H groups in total. The Morgan fingerprint density at radius 2 is 1.43 bits per heavy atom. The largest absolute Gasteiger partial charge is 0.748 e. The van der Waals surface area contributed by atoms with E-state index in [-0.39, 0.29) is 13.1 Å². The van der Waals surface area contributed by atoms with Gasteiger partial charge in [-0.2, -0.15) is 26.3 Å². The maximum absolute atomic E-state index is 12.8. The number of carbonyl (C=O) groups is 1. The highest BCUT2D eigenvalue weighted by Gasteiger charge is 2.75. The minimum Gasteiger partial charge on any atom is -0.748 e. The van der Waals surface area contributed by atoms with E-state index in [0.29, 0.717) is 0 Å². The number of nitrogens with zero attached hydrogens (tertiary/aromatic N) is 1. The van der Waals surface area contributed by atoms with Crippen LogP contribution in [0.2, 0.25) is 0 Å². The van der Waals surface area contributed by atoms with E-state index in [2.05, 4.69) is 4.74 Å². The van der Waals surface area contributed by atoms with E-state index in [1.54, 1.807) is 0 Å². The molecule has 0 fully saturated rings. The molecular formula is C10H14F6NO5S-. The predicted octanol–water partition coefficient (Wildman–Crippen LogP) is 1.28. The van der Waals surface area contributed by atoms with Gasteiger partial charge in [-0.05, 0) is 13.1 Å². The third kappa shape index (κ3) is 5.80. The first-order chi connectivity index (χ1) is 10.1. The fourth-order valence-corrected chi connectivity index (χ4v) is 2.46. The second-order valence-corrected chi connectivity index (χ2v) is 5.86. The highest BCUT2D eigenvalue weighted by molar-refractivity contribution is 7.85. The Morgan fingerprint density at radius 1 is 1.04 bits per heavy atom. The summed E-state index contributed by atoms with van der Waals surface area (Å²) in [7, 11) is -6.01. The van der Waals surface area contributed by atoms with Crippen LogP contribution in [0.1, 0.15) is 13.8 Å². The number of alkyl halides is 6. The van der Waals surface area contributed by atoms with Gasteiger partial charge in [0.25, 0.3) is 0 Å². The molecule has 0 atom stereocenters. The Morgan fingerprint density at radius 3 is 1.70 bits per heavy atom. The normalized spacial score (nSPS) is 14.2. The van der Waals surface area contributed by atoms with Crippen LogP contribution in [-0.2, 0) is 19.6 Å². The van der Waals surface area contributed by atoms with Crippen molar-refractivity contribution in [3.05, 3.63) is 0 Å². The SMILES string of the molecule is CCN(CC)CC(=O)OC(CS(=O)(=O)[O-])(C(F)(F)F)C(F)(F)F. The second kappa shape index (κ2) is 7.21. The van der Waals surface area contributed by atoms with Crippen molar-refractivity contribution in [2.24, 2.45) is 0 Å². The number of esters is 1. The summed E-state index contributed by atoms with van der Waals surface area (Å²) in [5.41, 5.74) is -5.41. The number of hydrogen-bond donors (Lipinski definition) is 0. The van der Waals surface area contributed by atoms with Crippen LogP contribution >= 0.6 is 0 Å². The van der Waals surface area contributed by atoms with Crippen molar-refractivity contribution in [3.63, 3.8) is 0 Å². The summed E-state index contributed by atoms with van der Waals surface area (Å²) in [6, 6.07) is 0. The number of ether oxygens (including phenoxy) is 1. The Balaban J connectivity index is 5.81. The molecule has 0 aromatic carbocycles. The van der Waals surface area contributed by atoms with Crippen LogP contribution in [0.3, 0.4) is 0 Å². The molecular weight excluding hydrogens is 360 g/mol. The van der Waals surface area contributed by atoms with E-state index in [1.165, 1.54) is 13.8 Å². The van der Waals surface area contributed by atoms with Gasteiger partial charge in [0.2, 0.25) is 0 Å². The highest BCUT2D eigenvalue weighted by atomic mass is 32.2. The first-order valence-corrected chi connectivity index (χ1v) is 7.68. The Bertz CT molecular complexity index is 497. The van der Waals surface area contributed by atoms with E-state index < -0.39 is 46.3 Å². The van der Waals surface area contributed by atoms with E-state index in [0.717, 1.165) is 4.90 Å². The van der Waals surface area contributed by atoms with Crippen molar-refractivity contribution in [2.45, 2.75) is 31.8 Å². The number of hydrogen-bond acceptors (Lipinski definition) is 6.